The predicted molar refractivity (Wildman–Crippen MR) is 60.7 cm³/mol. The van der Waals surface area contributed by atoms with Crippen molar-refractivity contribution in [3.05, 3.63) is 12.3 Å². The second-order valence-corrected chi connectivity index (χ2v) is 4.60. The van der Waals surface area contributed by atoms with Gasteiger partial charge >= 0.3 is 0 Å². The summed E-state index contributed by atoms with van der Waals surface area (Å²) in [7, 11) is 2.14. The molecule has 0 aliphatic carbocycles. The van der Waals surface area contributed by atoms with Gasteiger partial charge in [0.05, 0.1) is 0 Å². The maximum absolute atomic E-state index is 4.08. The molecular formula is C12H25N. The standard InChI is InChI=1S/C12H25N/c1-10(2)8-7-9-13(6)12(5)11(3)4/h10-11H,5,7-9H2,1-4,6H3. The molecule has 0 aromatic heterocycles. The molecule has 0 saturated heterocycles. The fraction of sp³-hybridized carbons (Fsp3) is 0.833. The molecule has 0 amide bonds. The van der Waals surface area contributed by atoms with Crippen LogP contribution in [0.25, 0.3) is 0 Å². The first-order valence-electron chi connectivity index (χ1n) is 5.35. The summed E-state index contributed by atoms with van der Waals surface area (Å²) in [5.74, 6) is 1.39. The molecule has 1 heteroatoms. The van der Waals surface area contributed by atoms with Crippen LogP contribution in [0.15, 0.2) is 12.3 Å². The average molecular weight is 183 g/mol. The first kappa shape index (κ1) is 12.5. The van der Waals surface area contributed by atoms with Crippen molar-refractivity contribution in [2.45, 2.75) is 40.5 Å². The number of hydrogen-bond donors (Lipinski definition) is 0. The Kier molecular flexibility index (Phi) is 5.85. The van der Waals surface area contributed by atoms with Crippen LogP contribution in [-0.2, 0) is 0 Å². The van der Waals surface area contributed by atoms with E-state index >= 15 is 0 Å². The summed E-state index contributed by atoms with van der Waals surface area (Å²) in [6.45, 7) is 14.2. The molecule has 0 radical (unpaired) electrons. The van der Waals surface area contributed by atoms with Crippen LogP contribution in [-0.4, -0.2) is 18.5 Å². The second kappa shape index (κ2) is 6.06. The van der Waals surface area contributed by atoms with E-state index in [9.17, 15) is 0 Å². The third kappa shape index (κ3) is 5.73. The summed E-state index contributed by atoms with van der Waals surface area (Å²) in [6.07, 6.45) is 2.59. The van der Waals surface area contributed by atoms with Gasteiger partial charge in [0, 0.05) is 19.3 Å². The third-order valence-electron chi connectivity index (χ3n) is 2.43. The Labute approximate surface area is 83.8 Å². The zero-order chi connectivity index (χ0) is 10.4. The predicted octanol–water partition coefficient (Wildman–Crippen LogP) is 3.52. The van der Waals surface area contributed by atoms with E-state index in [1.807, 2.05) is 0 Å². The van der Waals surface area contributed by atoms with Gasteiger partial charge in [-0.15, -0.1) is 0 Å². The largest absolute Gasteiger partial charge is 0.378 e. The molecule has 0 atom stereocenters. The Morgan fingerprint density at radius 2 is 1.77 bits per heavy atom. The maximum Gasteiger partial charge on any atom is 0.0171 e. The van der Waals surface area contributed by atoms with E-state index in [4.69, 9.17) is 0 Å². The molecule has 0 spiro atoms. The molecule has 0 aliphatic rings. The molecule has 0 aromatic rings. The fourth-order valence-electron chi connectivity index (χ4n) is 1.32. The summed E-state index contributed by atoms with van der Waals surface area (Å²) in [6, 6.07) is 0. The zero-order valence-electron chi connectivity index (χ0n) is 9.93. The molecule has 1 nitrogen and oxygen atoms in total. The lowest BCUT2D eigenvalue weighted by molar-refractivity contribution is 0.355. The Hall–Kier alpha value is -0.460. The second-order valence-electron chi connectivity index (χ2n) is 4.60. The van der Waals surface area contributed by atoms with Gasteiger partial charge in [0.2, 0.25) is 0 Å². The van der Waals surface area contributed by atoms with Gasteiger partial charge < -0.3 is 4.90 Å². The molecule has 0 aliphatic heterocycles. The van der Waals surface area contributed by atoms with Crippen molar-refractivity contribution < 1.29 is 0 Å². The first-order chi connectivity index (χ1) is 5.95. The van der Waals surface area contributed by atoms with Crippen molar-refractivity contribution in [2.75, 3.05) is 13.6 Å². The third-order valence-corrected chi connectivity index (χ3v) is 2.43. The lowest BCUT2D eigenvalue weighted by Crippen LogP contribution is -2.21. The van der Waals surface area contributed by atoms with Crippen molar-refractivity contribution in [3.8, 4) is 0 Å². The van der Waals surface area contributed by atoms with Gasteiger partial charge in [-0.2, -0.15) is 0 Å². The van der Waals surface area contributed by atoms with Gasteiger partial charge in [-0.25, -0.2) is 0 Å². The minimum Gasteiger partial charge on any atom is -0.378 e. The summed E-state index contributed by atoms with van der Waals surface area (Å²) < 4.78 is 0. The van der Waals surface area contributed by atoms with Crippen LogP contribution in [0.1, 0.15) is 40.5 Å². The molecule has 0 bridgehead atoms. The smallest absolute Gasteiger partial charge is 0.0171 e. The van der Waals surface area contributed by atoms with Gasteiger partial charge in [0.15, 0.2) is 0 Å². The molecule has 0 heterocycles. The van der Waals surface area contributed by atoms with Crippen LogP contribution in [0.5, 0.6) is 0 Å². The van der Waals surface area contributed by atoms with Gasteiger partial charge in [-0.05, 0) is 24.7 Å². The number of nitrogens with zero attached hydrogens (tertiary/aromatic N) is 1. The zero-order valence-corrected chi connectivity index (χ0v) is 9.93. The Balaban J connectivity index is 3.62. The van der Waals surface area contributed by atoms with E-state index in [0.29, 0.717) is 5.92 Å². The van der Waals surface area contributed by atoms with Crippen molar-refractivity contribution in [2.24, 2.45) is 11.8 Å². The molecular weight excluding hydrogens is 158 g/mol. The monoisotopic (exact) mass is 183 g/mol. The van der Waals surface area contributed by atoms with Gasteiger partial charge in [-0.1, -0.05) is 34.3 Å². The van der Waals surface area contributed by atoms with Crippen LogP contribution in [0.2, 0.25) is 0 Å². The number of allylic oxidation sites excluding steroid dienone is 1. The van der Waals surface area contributed by atoms with Crippen molar-refractivity contribution in [3.63, 3.8) is 0 Å². The molecule has 0 fully saturated rings. The summed E-state index contributed by atoms with van der Waals surface area (Å²) in [5, 5.41) is 0. The van der Waals surface area contributed by atoms with Crippen LogP contribution in [0.3, 0.4) is 0 Å². The topological polar surface area (TPSA) is 3.24 Å². The van der Waals surface area contributed by atoms with E-state index < -0.39 is 0 Å². The maximum atomic E-state index is 4.08. The molecule has 0 saturated carbocycles. The average Bonchev–Trinajstić information content (AvgIpc) is 2.02. The highest BCUT2D eigenvalue weighted by atomic mass is 15.1. The summed E-state index contributed by atoms with van der Waals surface area (Å²) in [5.41, 5.74) is 1.25. The fourth-order valence-corrected chi connectivity index (χ4v) is 1.32. The lowest BCUT2D eigenvalue weighted by atomic mass is 10.1. The lowest BCUT2D eigenvalue weighted by Gasteiger charge is -2.24. The van der Waals surface area contributed by atoms with Crippen molar-refractivity contribution in [1.29, 1.82) is 0 Å². The molecule has 0 N–H and O–H groups in total. The first-order valence-corrected chi connectivity index (χ1v) is 5.35. The number of hydrogen-bond acceptors (Lipinski definition) is 1. The van der Waals surface area contributed by atoms with Crippen LogP contribution in [0, 0.1) is 11.8 Å². The van der Waals surface area contributed by atoms with Crippen LogP contribution in [0.4, 0.5) is 0 Å². The molecule has 0 aromatic carbocycles. The van der Waals surface area contributed by atoms with E-state index in [0.717, 1.165) is 12.5 Å². The Bertz CT molecular complexity index is 147. The minimum atomic E-state index is 0.573. The Morgan fingerprint density at radius 3 is 2.15 bits per heavy atom. The van der Waals surface area contributed by atoms with E-state index in [-0.39, 0.29) is 0 Å². The molecule has 13 heavy (non-hydrogen) atoms. The highest BCUT2D eigenvalue weighted by Crippen LogP contribution is 2.12. The van der Waals surface area contributed by atoms with Crippen LogP contribution < -0.4 is 0 Å². The van der Waals surface area contributed by atoms with Gasteiger partial charge in [0.1, 0.15) is 0 Å². The van der Waals surface area contributed by atoms with Crippen LogP contribution >= 0.6 is 0 Å². The van der Waals surface area contributed by atoms with E-state index in [1.165, 1.54) is 18.5 Å². The number of rotatable bonds is 6. The minimum absolute atomic E-state index is 0.573. The molecule has 0 unspecified atom stereocenters. The highest BCUT2D eigenvalue weighted by molar-refractivity contribution is 4.95. The molecule has 78 valence electrons. The van der Waals surface area contributed by atoms with Crippen molar-refractivity contribution in [1.82, 2.24) is 4.90 Å². The van der Waals surface area contributed by atoms with Crippen molar-refractivity contribution >= 4 is 0 Å². The molecule has 0 rings (SSSR count). The Morgan fingerprint density at radius 1 is 1.23 bits per heavy atom. The summed E-state index contributed by atoms with van der Waals surface area (Å²) >= 11 is 0. The van der Waals surface area contributed by atoms with Gasteiger partial charge in [0.25, 0.3) is 0 Å². The highest BCUT2D eigenvalue weighted by Gasteiger charge is 2.05. The van der Waals surface area contributed by atoms with Gasteiger partial charge in [-0.3, -0.25) is 0 Å². The quantitative estimate of drug-likeness (QED) is 0.609. The summed E-state index contributed by atoms with van der Waals surface area (Å²) in [4.78, 5) is 2.28. The van der Waals surface area contributed by atoms with E-state index in [2.05, 4.69) is 46.2 Å². The normalized spacial score (nSPS) is 11.0. The SMILES string of the molecule is C=C(C(C)C)N(C)CCCC(C)C. The van der Waals surface area contributed by atoms with E-state index in [1.54, 1.807) is 0 Å².